The zero-order chi connectivity index (χ0) is 28.5. The van der Waals surface area contributed by atoms with E-state index in [4.69, 9.17) is 0 Å². The number of halogens is 6. The van der Waals surface area contributed by atoms with Crippen molar-refractivity contribution in [3.05, 3.63) is 102 Å². The van der Waals surface area contributed by atoms with Crippen molar-refractivity contribution in [3.8, 4) is 22.6 Å². The second kappa shape index (κ2) is 10.6. The molecule has 1 aliphatic heterocycles. The fraction of sp³-hybridized carbons (Fsp3) is 0.214. The molecule has 3 aromatic carbocycles. The number of hydrogen-bond donors (Lipinski definition) is 1. The lowest BCUT2D eigenvalue weighted by Crippen LogP contribution is -2.37. The minimum Gasteiger partial charge on any atom is -0.435 e. The van der Waals surface area contributed by atoms with Gasteiger partial charge in [0.1, 0.15) is 11.5 Å². The highest BCUT2D eigenvalue weighted by atomic mass is 19.3. The van der Waals surface area contributed by atoms with E-state index < -0.39 is 41.9 Å². The number of nitrogens with one attached hydrogen (secondary N) is 1. The number of hydrogen-bond acceptors (Lipinski definition) is 4. The molecular weight excluding hydrogens is 540 g/mol. The Morgan fingerprint density at radius 2 is 1.65 bits per heavy atom. The van der Waals surface area contributed by atoms with Crippen LogP contribution in [-0.4, -0.2) is 35.1 Å². The molecule has 1 amide bonds. The fourth-order valence-electron chi connectivity index (χ4n) is 4.48. The van der Waals surface area contributed by atoms with E-state index in [1.807, 2.05) is 30.3 Å². The number of alkyl halides is 6. The van der Waals surface area contributed by atoms with Crippen molar-refractivity contribution in [1.82, 2.24) is 15.1 Å². The second-order valence-electron chi connectivity index (χ2n) is 9.01. The van der Waals surface area contributed by atoms with Gasteiger partial charge in [0.15, 0.2) is 0 Å². The molecule has 1 aliphatic rings. The summed E-state index contributed by atoms with van der Waals surface area (Å²) < 4.78 is 91.1. The molecule has 0 radical (unpaired) electrons. The van der Waals surface area contributed by atoms with Crippen LogP contribution in [0.2, 0.25) is 0 Å². The first-order valence-electron chi connectivity index (χ1n) is 12.1. The Morgan fingerprint density at radius 1 is 0.950 bits per heavy atom. The lowest BCUT2D eigenvalue weighted by atomic mass is 9.87. The zero-order valence-corrected chi connectivity index (χ0v) is 20.5. The number of amides is 1. The molecule has 5 rings (SSSR count). The van der Waals surface area contributed by atoms with Gasteiger partial charge in [-0.3, -0.25) is 0 Å². The molecule has 0 bridgehead atoms. The normalized spacial score (nSPS) is 15.8. The predicted octanol–water partition coefficient (Wildman–Crippen LogP) is 7.01. The Kier molecular flexibility index (Phi) is 7.17. The van der Waals surface area contributed by atoms with Crippen LogP contribution in [-0.2, 0) is 5.92 Å². The Hall–Kier alpha value is -4.48. The number of nitrogens with zero attached hydrogens (tertiary/aromatic N) is 2. The van der Waals surface area contributed by atoms with Gasteiger partial charge in [0.2, 0.25) is 0 Å². The average molecular weight is 561 g/mol. The molecule has 12 heteroatoms. The minimum absolute atomic E-state index is 0.0411. The largest absolute Gasteiger partial charge is 0.469 e. The smallest absolute Gasteiger partial charge is 0.435 e. The van der Waals surface area contributed by atoms with E-state index in [2.05, 4.69) is 19.9 Å². The first kappa shape index (κ1) is 27.1. The molecule has 1 atom stereocenters. The van der Waals surface area contributed by atoms with Crippen molar-refractivity contribution in [2.75, 3.05) is 6.54 Å². The first-order chi connectivity index (χ1) is 19.0. The summed E-state index contributed by atoms with van der Waals surface area (Å²) in [6.07, 6.45) is -1.47. The van der Waals surface area contributed by atoms with Gasteiger partial charge in [-0.15, -0.1) is 0 Å². The lowest BCUT2D eigenvalue weighted by molar-refractivity contribution is -0.296. The van der Waals surface area contributed by atoms with Crippen LogP contribution in [0, 0.1) is 0 Å². The number of carbonyl (C=O) groups excluding carboxylic acids is 1. The van der Waals surface area contributed by atoms with E-state index in [0.29, 0.717) is 5.56 Å². The van der Waals surface area contributed by atoms with Gasteiger partial charge in [-0.2, -0.15) is 36.1 Å². The third-order valence-corrected chi connectivity index (χ3v) is 6.46. The molecular formula is C28H21F6N3O3. The monoisotopic (exact) mass is 561 g/mol. The van der Waals surface area contributed by atoms with E-state index in [0.717, 1.165) is 27.9 Å². The van der Waals surface area contributed by atoms with Crippen molar-refractivity contribution in [2.24, 2.45) is 0 Å². The Bertz CT molecular complexity index is 1490. The highest BCUT2D eigenvalue weighted by Gasteiger charge is 2.66. The fourth-order valence-corrected chi connectivity index (χ4v) is 4.48. The Balaban J connectivity index is 1.36. The molecule has 0 saturated heterocycles. The van der Waals surface area contributed by atoms with Gasteiger partial charge in [-0.1, -0.05) is 48.5 Å². The lowest BCUT2D eigenvalue weighted by Gasteiger charge is -2.20. The number of rotatable bonds is 8. The molecule has 4 aromatic rings. The van der Waals surface area contributed by atoms with Crippen molar-refractivity contribution in [1.29, 1.82) is 0 Å². The topological polar surface area (TPSA) is 65.4 Å². The molecule has 40 heavy (non-hydrogen) atoms. The average Bonchev–Trinajstić information content (AvgIpc) is 3.48. The van der Waals surface area contributed by atoms with Gasteiger partial charge < -0.3 is 14.8 Å². The summed E-state index contributed by atoms with van der Waals surface area (Å²) in [5, 5.41) is 6.77. The van der Waals surface area contributed by atoms with E-state index in [9.17, 15) is 31.1 Å². The van der Waals surface area contributed by atoms with Crippen molar-refractivity contribution in [3.63, 3.8) is 0 Å². The molecule has 0 spiro atoms. The summed E-state index contributed by atoms with van der Waals surface area (Å²) in [5.41, 5.74) is 1.35. The van der Waals surface area contributed by atoms with Crippen LogP contribution < -0.4 is 14.8 Å². The van der Waals surface area contributed by atoms with E-state index in [-0.39, 0.29) is 24.3 Å². The van der Waals surface area contributed by atoms with Gasteiger partial charge in [0.25, 0.3) is 0 Å². The molecule has 6 nitrogen and oxygen atoms in total. The maximum Gasteiger partial charge on any atom is 0.469 e. The van der Waals surface area contributed by atoms with Crippen LogP contribution in [0.15, 0.2) is 85.2 Å². The van der Waals surface area contributed by atoms with Gasteiger partial charge >= 0.3 is 24.7 Å². The standard InChI is InChI=1S/C28H21F6N3O3/c29-25(30)39-21-9-6-18(7-10-21)22(19-8-11-24-23(14-19)27(31,32)28(33,34)40-24)12-13-35-26(38)37-16-20(15-36-37)17-4-2-1-3-5-17/h1-11,14-16,22,25H,12-13H2,(H,35,38). The molecule has 1 aromatic heterocycles. The zero-order valence-electron chi connectivity index (χ0n) is 20.5. The van der Waals surface area contributed by atoms with Gasteiger partial charge in [-0.25, -0.2) is 4.79 Å². The van der Waals surface area contributed by atoms with Crippen molar-refractivity contribution < 1.29 is 40.6 Å². The summed E-state index contributed by atoms with van der Waals surface area (Å²) in [6.45, 7) is -3.00. The number of carbonyl (C=O) groups is 1. The van der Waals surface area contributed by atoms with Gasteiger partial charge in [-0.05, 0) is 47.4 Å². The third kappa shape index (κ3) is 5.33. The molecule has 0 aliphatic carbocycles. The van der Waals surface area contributed by atoms with E-state index in [1.165, 1.54) is 36.5 Å². The Morgan fingerprint density at radius 3 is 2.35 bits per heavy atom. The maximum absolute atomic E-state index is 14.4. The minimum atomic E-state index is -4.70. The van der Waals surface area contributed by atoms with Crippen LogP contribution in [0.1, 0.15) is 29.0 Å². The Labute approximate surface area is 224 Å². The SMILES string of the molecule is O=C(NCCC(c1ccc(OC(F)F)cc1)c1ccc2c(c1)C(F)(F)C(F)(F)O2)n1cc(-c2ccccc2)cn1. The third-order valence-electron chi connectivity index (χ3n) is 6.46. The quantitative estimate of drug-likeness (QED) is 0.235. The van der Waals surface area contributed by atoms with Crippen molar-refractivity contribution >= 4 is 6.03 Å². The number of aromatic nitrogens is 2. The molecule has 1 unspecified atom stereocenters. The number of ether oxygens (including phenoxy) is 2. The molecule has 2 heterocycles. The molecule has 0 saturated carbocycles. The highest BCUT2D eigenvalue weighted by Crippen LogP contribution is 2.54. The summed E-state index contributed by atoms with van der Waals surface area (Å²) in [6, 6.07) is 17.6. The maximum atomic E-state index is 14.4. The molecule has 1 N–H and O–H groups in total. The predicted molar refractivity (Wildman–Crippen MR) is 132 cm³/mol. The van der Waals surface area contributed by atoms with E-state index in [1.54, 1.807) is 6.20 Å². The van der Waals surface area contributed by atoms with Crippen LogP contribution in [0.25, 0.3) is 11.1 Å². The summed E-state index contributed by atoms with van der Waals surface area (Å²) >= 11 is 0. The molecule has 0 fully saturated rings. The van der Waals surface area contributed by atoms with Gasteiger partial charge in [0.05, 0.1) is 11.8 Å². The van der Waals surface area contributed by atoms with Crippen LogP contribution in [0.4, 0.5) is 31.1 Å². The summed E-state index contributed by atoms with van der Waals surface area (Å²) in [5.74, 6) is -6.00. The first-order valence-corrected chi connectivity index (χ1v) is 12.1. The van der Waals surface area contributed by atoms with Crippen LogP contribution in [0.3, 0.4) is 0 Å². The van der Waals surface area contributed by atoms with E-state index >= 15 is 0 Å². The summed E-state index contributed by atoms with van der Waals surface area (Å²) in [4.78, 5) is 12.7. The highest BCUT2D eigenvalue weighted by molar-refractivity contribution is 5.77. The van der Waals surface area contributed by atoms with Gasteiger partial charge in [0, 0.05) is 24.2 Å². The molecule has 208 valence electrons. The number of benzene rings is 3. The van der Waals surface area contributed by atoms with Crippen LogP contribution in [0.5, 0.6) is 11.5 Å². The second-order valence-corrected chi connectivity index (χ2v) is 9.01. The van der Waals surface area contributed by atoms with Crippen LogP contribution >= 0.6 is 0 Å². The summed E-state index contributed by atoms with van der Waals surface area (Å²) in [7, 11) is 0. The number of fused-ring (bicyclic) bond motifs is 1. The van der Waals surface area contributed by atoms with Crippen molar-refractivity contribution in [2.45, 2.75) is 31.0 Å².